The standard InChI is InChI=1S/C13H10F2N2O/c1-17-8-9(7-16-17)2-5-13(18)10-3-4-11(14)12(15)6-10/h2-8H,1H3/b5-2-. The summed E-state index contributed by atoms with van der Waals surface area (Å²) in [5.41, 5.74) is 0.863. The molecule has 0 saturated carbocycles. The Morgan fingerprint density at radius 1 is 1.33 bits per heavy atom. The number of hydrogen-bond acceptors (Lipinski definition) is 2. The molecule has 0 aliphatic rings. The summed E-state index contributed by atoms with van der Waals surface area (Å²) in [5, 5.41) is 3.94. The second-order valence-corrected chi connectivity index (χ2v) is 3.77. The summed E-state index contributed by atoms with van der Waals surface area (Å²) in [6.45, 7) is 0. The Morgan fingerprint density at radius 3 is 2.72 bits per heavy atom. The molecule has 0 N–H and O–H groups in total. The van der Waals surface area contributed by atoms with Gasteiger partial charge in [-0.05, 0) is 30.4 Å². The maximum absolute atomic E-state index is 12.9. The molecule has 1 aromatic carbocycles. The number of aromatic nitrogens is 2. The molecule has 1 aromatic heterocycles. The van der Waals surface area contributed by atoms with E-state index in [0.717, 1.165) is 17.7 Å². The van der Waals surface area contributed by atoms with Gasteiger partial charge in [-0.25, -0.2) is 8.78 Å². The van der Waals surface area contributed by atoms with Crippen LogP contribution in [0.3, 0.4) is 0 Å². The highest BCUT2D eigenvalue weighted by Crippen LogP contribution is 2.10. The van der Waals surface area contributed by atoms with Crippen LogP contribution in [0.1, 0.15) is 15.9 Å². The number of hydrogen-bond donors (Lipinski definition) is 0. The lowest BCUT2D eigenvalue weighted by atomic mass is 10.1. The zero-order chi connectivity index (χ0) is 13.1. The molecule has 2 aromatic rings. The van der Waals surface area contributed by atoms with E-state index in [-0.39, 0.29) is 5.56 Å². The van der Waals surface area contributed by atoms with E-state index in [1.165, 1.54) is 12.1 Å². The van der Waals surface area contributed by atoms with Crippen LogP contribution < -0.4 is 0 Å². The number of carbonyl (C=O) groups excluding carboxylic acids is 1. The summed E-state index contributed by atoms with van der Waals surface area (Å²) in [6.07, 6.45) is 6.18. The van der Waals surface area contributed by atoms with Gasteiger partial charge in [0, 0.05) is 24.4 Å². The van der Waals surface area contributed by atoms with Gasteiger partial charge in [0.25, 0.3) is 0 Å². The zero-order valence-corrected chi connectivity index (χ0v) is 9.60. The minimum absolute atomic E-state index is 0.106. The molecule has 2 rings (SSSR count). The number of nitrogens with zero attached hydrogens (tertiary/aromatic N) is 2. The number of ketones is 1. The Hall–Kier alpha value is -2.30. The number of halogens is 2. The molecule has 0 saturated heterocycles. The van der Waals surface area contributed by atoms with Gasteiger partial charge >= 0.3 is 0 Å². The van der Waals surface area contributed by atoms with Crippen molar-refractivity contribution in [2.75, 3.05) is 0 Å². The summed E-state index contributed by atoms with van der Waals surface area (Å²) >= 11 is 0. The van der Waals surface area contributed by atoms with Crippen LogP contribution in [0.15, 0.2) is 36.7 Å². The van der Waals surface area contributed by atoms with Crippen LogP contribution in [0.2, 0.25) is 0 Å². The van der Waals surface area contributed by atoms with Gasteiger partial charge in [-0.15, -0.1) is 0 Å². The number of rotatable bonds is 3. The molecule has 18 heavy (non-hydrogen) atoms. The van der Waals surface area contributed by atoms with Crippen molar-refractivity contribution in [3.05, 3.63) is 59.4 Å². The average molecular weight is 248 g/mol. The van der Waals surface area contributed by atoms with Crippen molar-refractivity contribution < 1.29 is 13.6 Å². The van der Waals surface area contributed by atoms with Gasteiger partial charge in [-0.2, -0.15) is 5.10 Å². The first-order valence-electron chi connectivity index (χ1n) is 5.22. The smallest absolute Gasteiger partial charge is 0.185 e. The molecule has 0 aliphatic heterocycles. The van der Waals surface area contributed by atoms with Crippen molar-refractivity contribution in [3.63, 3.8) is 0 Å². The SMILES string of the molecule is Cn1cc(/C=C\C(=O)c2ccc(F)c(F)c2)cn1. The van der Waals surface area contributed by atoms with Crippen molar-refractivity contribution in [1.82, 2.24) is 9.78 Å². The summed E-state index contributed by atoms with van der Waals surface area (Å²) in [5.74, 6) is -2.39. The molecule has 0 fully saturated rings. The maximum Gasteiger partial charge on any atom is 0.185 e. The van der Waals surface area contributed by atoms with Gasteiger partial charge in [0.2, 0.25) is 0 Å². The maximum atomic E-state index is 12.9. The number of aryl methyl sites for hydroxylation is 1. The fourth-order valence-corrected chi connectivity index (χ4v) is 1.44. The van der Waals surface area contributed by atoms with Gasteiger partial charge < -0.3 is 0 Å². The van der Waals surface area contributed by atoms with Crippen LogP contribution >= 0.6 is 0 Å². The minimum Gasteiger partial charge on any atom is -0.289 e. The zero-order valence-electron chi connectivity index (χ0n) is 9.60. The predicted molar refractivity (Wildman–Crippen MR) is 62.9 cm³/mol. The van der Waals surface area contributed by atoms with E-state index in [9.17, 15) is 13.6 Å². The largest absolute Gasteiger partial charge is 0.289 e. The van der Waals surface area contributed by atoms with Crippen molar-refractivity contribution in [2.24, 2.45) is 7.05 Å². The first kappa shape index (κ1) is 12.2. The van der Waals surface area contributed by atoms with Crippen molar-refractivity contribution >= 4 is 11.9 Å². The summed E-state index contributed by atoms with van der Waals surface area (Å²) in [4.78, 5) is 11.7. The van der Waals surface area contributed by atoms with E-state index >= 15 is 0 Å². The van der Waals surface area contributed by atoms with E-state index in [0.29, 0.717) is 0 Å². The molecule has 92 valence electrons. The average Bonchev–Trinajstić information content (AvgIpc) is 2.75. The minimum atomic E-state index is -1.03. The number of carbonyl (C=O) groups is 1. The molecule has 0 unspecified atom stereocenters. The van der Waals surface area contributed by atoms with Gasteiger partial charge in [0.15, 0.2) is 17.4 Å². The highest BCUT2D eigenvalue weighted by Gasteiger charge is 2.07. The molecule has 1 heterocycles. The van der Waals surface area contributed by atoms with Crippen LogP contribution in [0, 0.1) is 11.6 Å². The van der Waals surface area contributed by atoms with E-state index in [1.807, 2.05) is 0 Å². The molecule has 0 spiro atoms. The quantitative estimate of drug-likeness (QED) is 0.618. The Labute approximate surface area is 102 Å². The predicted octanol–water partition coefficient (Wildman–Crippen LogP) is 2.59. The first-order chi connectivity index (χ1) is 8.56. The number of benzene rings is 1. The Balaban J connectivity index is 2.16. The van der Waals surface area contributed by atoms with E-state index < -0.39 is 17.4 Å². The second kappa shape index (κ2) is 4.91. The Kier molecular flexibility index (Phi) is 3.32. The third-order valence-electron chi connectivity index (χ3n) is 2.36. The lowest BCUT2D eigenvalue weighted by Crippen LogP contribution is -1.96. The molecule has 0 amide bonds. The molecular formula is C13H10F2N2O. The van der Waals surface area contributed by atoms with Crippen molar-refractivity contribution in [2.45, 2.75) is 0 Å². The highest BCUT2D eigenvalue weighted by atomic mass is 19.2. The number of allylic oxidation sites excluding steroid dienone is 1. The highest BCUT2D eigenvalue weighted by molar-refractivity contribution is 6.06. The molecular weight excluding hydrogens is 238 g/mol. The fourth-order valence-electron chi connectivity index (χ4n) is 1.44. The normalized spacial score (nSPS) is 11.1. The second-order valence-electron chi connectivity index (χ2n) is 3.77. The lowest BCUT2D eigenvalue weighted by molar-refractivity contribution is 0.104. The summed E-state index contributed by atoms with van der Waals surface area (Å²) < 4.78 is 27.2. The van der Waals surface area contributed by atoms with Crippen molar-refractivity contribution in [3.8, 4) is 0 Å². The topological polar surface area (TPSA) is 34.9 Å². The first-order valence-corrected chi connectivity index (χ1v) is 5.22. The van der Waals surface area contributed by atoms with Gasteiger partial charge in [-0.1, -0.05) is 0 Å². The van der Waals surface area contributed by atoms with Gasteiger partial charge in [-0.3, -0.25) is 9.48 Å². The van der Waals surface area contributed by atoms with E-state index in [1.54, 1.807) is 30.2 Å². The molecule has 0 atom stereocenters. The summed E-state index contributed by atoms with van der Waals surface area (Å²) in [7, 11) is 1.76. The van der Waals surface area contributed by atoms with Crippen LogP contribution in [0.25, 0.3) is 6.08 Å². The third kappa shape index (κ3) is 2.68. The fraction of sp³-hybridized carbons (Fsp3) is 0.0769. The van der Waals surface area contributed by atoms with Crippen LogP contribution in [-0.2, 0) is 7.05 Å². The third-order valence-corrected chi connectivity index (χ3v) is 2.36. The van der Waals surface area contributed by atoms with E-state index in [4.69, 9.17) is 0 Å². The molecule has 0 radical (unpaired) electrons. The molecule has 3 nitrogen and oxygen atoms in total. The molecule has 5 heteroatoms. The van der Waals surface area contributed by atoms with Crippen molar-refractivity contribution in [1.29, 1.82) is 0 Å². The monoisotopic (exact) mass is 248 g/mol. The molecule has 0 bridgehead atoms. The van der Waals surface area contributed by atoms with Crippen LogP contribution in [-0.4, -0.2) is 15.6 Å². The van der Waals surface area contributed by atoms with Crippen LogP contribution in [0.5, 0.6) is 0 Å². The van der Waals surface area contributed by atoms with Gasteiger partial charge in [0.1, 0.15) is 0 Å². The summed E-state index contributed by atoms with van der Waals surface area (Å²) in [6, 6.07) is 3.06. The lowest BCUT2D eigenvalue weighted by Gasteiger charge is -1.96. The van der Waals surface area contributed by atoms with Gasteiger partial charge in [0.05, 0.1) is 6.20 Å². The Morgan fingerprint density at radius 2 is 2.11 bits per heavy atom. The van der Waals surface area contributed by atoms with Crippen LogP contribution in [0.4, 0.5) is 8.78 Å². The molecule has 0 aliphatic carbocycles. The van der Waals surface area contributed by atoms with E-state index in [2.05, 4.69) is 5.10 Å². The Bertz CT molecular complexity index is 617.